The number of carbonyl (C=O) groups is 2. The number of methoxy groups -OCH3 is 2. The lowest BCUT2D eigenvalue weighted by atomic mass is 9.96. The Morgan fingerprint density at radius 3 is 2.69 bits per heavy atom. The summed E-state index contributed by atoms with van der Waals surface area (Å²) in [5.41, 5.74) is 1.09. The van der Waals surface area contributed by atoms with Gasteiger partial charge in [-0.25, -0.2) is 0 Å². The molecule has 1 fully saturated rings. The number of nitrogens with zero attached hydrogens (tertiary/aromatic N) is 2. The van der Waals surface area contributed by atoms with E-state index in [9.17, 15) is 14.7 Å². The van der Waals surface area contributed by atoms with Crippen LogP contribution in [0.3, 0.4) is 0 Å². The molecule has 1 N–H and O–H groups in total. The number of aliphatic hydroxyl groups is 1. The first-order valence-electron chi connectivity index (χ1n) is 9.00. The van der Waals surface area contributed by atoms with Crippen molar-refractivity contribution in [2.24, 2.45) is 0 Å². The van der Waals surface area contributed by atoms with E-state index in [0.717, 1.165) is 0 Å². The zero-order chi connectivity index (χ0) is 21.0. The summed E-state index contributed by atoms with van der Waals surface area (Å²) in [6.07, 6.45) is 3.77. The summed E-state index contributed by atoms with van der Waals surface area (Å²) in [6.45, 7) is 0.773. The molecule has 2 aromatic rings. The standard InChI is InChI=1S/C21H21BrN2O5/c1-28-10-4-9-24-18(14-5-3-8-23-12-14)17(20(26)21(24)27)19(25)13-6-7-16(29-2)15(22)11-13/h3,5-8,11-12,18,25H,4,9-10H2,1-2H3/b19-17-. The zero-order valence-corrected chi connectivity index (χ0v) is 17.7. The van der Waals surface area contributed by atoms with Gasteiger partial charge in [0.15, 0.2) is 0 Å². The molecule has 1 aromatic heterocycles. The van der Waals surface area contributed by atoms with Crippen molar-refractivity contribution in [1.82, 2.24) is 9.88 Å². The van der Waals surface area contributed by atoms with Crippen LogP contribution in [0.2, 0.25) is 0 Å². The van der Waals surface area contributed by atoms with Crippen LogP contribution in [0.5, 0.6) is 5.75 Å². The van der Waals surface area contributed by atoms with Crippen LogP contribution in [0.25, 0.3) is 5.76 Å². The maximum Gasteiger partial charge on any atom is 0.295 e. The fourth-order valence-electron chi connectivity index (χ4n) is 3.34. The highest BCUT2D eigenvalue weighted by Gasteiger charge is 2.45. The van der Waals surface area contributed by atoms with Crippen molar-refractivity contribution in [1.29, 1.82) is 0 Å². The average molecular weight is 461 g/mol. The quantitative estimate of drug-likeness (QED) is 0.295. The van der Waals surface area contributed by atoms with Crippen molar-refractivity contribution < 1.29 is 24.2 Å². The maximum absolute atomic E-state index is 12.9. The zero-order valence-electron chi connectivity index (χ0n) is 16.1. The third-order valence-electron chi connectivity index (χ3n) is 4.71. The molecule has 1 amide bonds. The van der Waals surface area contributed by atoms with Gasteiger partial charge in [0.1, 0.15) is 11.5 Å². The van der Waals surface area contributed by atoms with E-state index in [1.807, 2.05) is 0 Å². The van der Waals surface area contributed by atoms with Gasteiger partial charge in [0, 0.05) is 38.2 Å². The number of rotatable bonds is 7. The Morgan fingerprint density at radius 1 is 1.28 bits per heavy atom. The summed E-state index contributed by atoms with van der Waals surface area (Å²) in [7, 11) is 3.11. The van der Waals surface area contributed by atoms with Gasteiger partial charge in [-0.1, -0.05) is 6.07 Å². The molecule has 0 saturated carbocycles. The van der Waals surface area contributed by atoms with Gasteiger partial charge in [0.2, 0.25) is 0 Å². The average Bonchev–Trinajstić information content (AvgIpc) is 2.99. The number of halogens is 1. The summed E-state index contributed by atoms with van der Waals surface area (Å²) in [6, 6.07) is 7.75. The third-order valence-corrected chi connectivity index (χ3v) is 5.33. The van der Waals surface area contributed by atoms with E-state index in [1.165, 1.54) is 12.0 Å². The Kier molecular flexibility index (Phi) is 6.66. The molecule has 7 nitrogen and oxygen atoms in total. The van der Waals surface area contributed by atoms with Crippen LogP contribution in [0.15, 0.2) is 52.8 Å². The van der Waals surface area contributed by atoms with Gasteiger partial charge in [0.05, 0.1) is 23.2 Å². The lowest BCUT2D eigenvalue weighted by Gasteiger charge is -2.25. The van der Waals surface area contributed by atoms with Crippen LogP contribution >= 0.6 is 15.9 Å². The van der Waals surface area contributed by atoms with Gasteiger partial charge in [-0.2, -0.15) is 0 Å². The van der Waals surface area contributed by atoms with Gasteiger partial charge in [0.25, 0.3) is 11.7 Å². The number of pyridine rings is 1. The van der Waals surface area contributed by atoms with Crippen LogP contribution in [-0.4, -0.2) is 54.1 Å². The van der Waals surface area contributed by atoms with E-state index in [2.05, 4.69) is 20.9 Å². The first kappa shape index (κ1) is 21.0. The van der Waals surface area contributed by atoms with E-state index in [-0.39, 0.29) is 11.3 Å². The summed E-state index contributed by atoms with van der Waals surface area (Å²) >= 11 is 3.38. The predicted octanol–water partition coefficient (Wildman–Crippen LogP) is 3.31. The molecule has 2 heterocycles. The van der Waals surface area contributed by atoms with E-state index < -0.39 is 17.7 Å². The number of ketones is 1. The molecule has 0 spiro atoms. The highest BCUT2D eigenvalue weighted by Crippen LogP contribution is 2.40. The third kappa shape index (κ3) is 4.18. The minimum atomic E-state index is -0.722. The second-order valence-electron chi connectivity index (χ2n) is 6.47. The van der Waals surface area contributed by atoms with Crippen molar-refractivity contribution in [3.05, 3.63) is 63.9 Å². The van der Waals surface area contributed by atoms with Crippen LogP contribution < -0.4 is 4.74 Å². The number of likely N-dealkylation sites (tertiary alicyclic amines) is 1. The van der Waals surface area contributed by atoms with Crippen LogP contribution in [-0.2, 0) is 14.3 Å². The molecule has 1 saturated heterocycles. The fraction of sp³-hybridized carbons (Fsp3) is 0.286. The van der Waals surface area contributed by atoms with Gasteiger partial charge in [-0.15, -0.1) is 0 Å². The van der Waals surface area contributed by atoms with Gasteiger partial charge >= 0.3 is 0 Å². The Hall–Kier alpha value is -2.71. The van der Waals surface area contributed by atoms with Crippen molar-refractivity contribution in [3.63, 3.8) is 0 Å². The first-order chi connectivity index (χ1) is 14.0. The van der Waals surface area contributed by atoms with Crippen molar-refractivity contribution in [2.75, 3.05) is 27.4 Å². The van der Waals surface area contributed by atoms with Crippen molar-refractivity contribution in [2.45, 2.75) is 12.5 Å². The largest absolute Gasteiger partial charge is 0.507 e. The fourth-order valence-corrected chi connectivity index (χ4v) is 3.88. The molecule has 152 valence electrons. The van der Waals surface area contributed by atoms with Crippen molar-refractivity contribution >= 4 is 33.4 Å². The number of hydrogen-bond donors (Lipinski definition) is 1. The molecule has 1 atom stereocenters. The summed E-state index contributed by atoms with van der Waals surface area (Å²) < 4.78 is 10.9. The second kappa shape index (κ2) is 9.19. The Morgan fingerprint density at radius 2 is 2.07 bits per heavy atom. The lowest BCUT2D eigenvalue weighted by Crippen LogP contribution is -2.31. The predicted molar refractivity (Wildman–Crippen MR) is 110 cm³/mol. The SMILES string of the molecule is COCCCN1C(=O)C(=O)/C(=C(\O)c2ccc(OC)c(Br)c2)C1c1cccnc1. The summed E-state index contributed by atoms with van der Waals surface area (Å²) in [5, 5.41) is 11.0. The van der Waals surface area contributed by atoms with Gasteiger partial charge in [-0.3, -0.25) is 14.6 Å². The number of amides is 1. The summed E-state index contributed by atoms with van der Waals surface area (Å²) in [4.78, 5) is 31.2. The maximum atomic E-state index is 12.9. The molecule has 8 heteroatoms. The minimum absolute atomic E-state index is 0.0393. The molecule has 0 aliphatic carbocycles. The number of aliphatic hydroxyl groups excluding tert-OH is 1. The molecular formula is C21H21BrN2O5. The monoisotopic (exact) mass is 460 g/mol. The van der Waals surface area contributed by atoms with Crippen molar-refractivity contribution in [3.8, 4) is 5.75 Å². The number of carbonyl (C=O) groups excluding carboxylic acids is 2. The molecule has 0 radical (unpaired) electrons. The molecule has 1 unspecified atom stereocenters. The van der Waals surface area contributed by atoms with E-state index in [0.29, 0.717) is 40.9 Å². The topological polar surface area (TPSA) is 89.0 Å². The smallest absolute Gasteiger partial charge is 0.295 e. The van der Waals surface area contributed by atoms with E-state index >= 15 is 0 Å². The van der Waals surface area contributed by atoms with E-state index in [1.54, 1.807) is 49.8 Å². The van der Waals surface area contributed by atoms with Gasteiger partial charge < -0.3 is 19.5 Å². The van der Waals surface area contributed by atoms with Gasteiger partial charge in [-0.05, 0) is 52.2 Å². The number of Topliss-reactive ketones (excluding diaryl/α,β-unsaturated/α-hetero) is 1. The first-order valence-corrected chi connectivity index (χ1v) is 9.80. The highest BCUT2D eigenvalue weighted by molar-refractivity contribution is 9.10. The Balaban J connectivity index is 2.11. The van der Waals surface area contributed by atoms with Crippen LogP contribution in [0.1, 0.15) is 23.6 Å². The molecule has 1 aromatic carbocycles. The molecule has 3 rings (SSSR count). The number of ether oxygens (including phenoxy) is 2. The molecule has 0 bridgehead atoms. The number of hydrogen-bond acceptors (Lipinski definition) is 6. The van der Waals surface area contributed by atoms with E-state index in [4.69, 9.17) is 9.47 Å². The lowest BCUT2D eigenvalue weighted by molar-refractivity contribution is -0.140. The summed E-state index contributed by atoms with van der Waals surface area (Å²) in [5.74, 6) is -1.02. The van der Waals surface area contributed by atoms with Crippen LogP contribution in [0, 0.1) is 0 Å². The Labute approximate surface area is 177 Å². The normalized spacial score (nSPS) is 18.3. The number of benzene rings is 1. The molecule has 29 heavy (non-hydrogen) atoms. The molecular weight excluding hydrogens is 440 g/mol. The molecule has 1 aliphatic heterocycles. The highest BCUT2D eigenvalue weighted by atomic mass is 79.9. The number of aromatic nitrogens is 1. The minimum Gasteiger partial charge on any atom is -0.507 e. The second-order valence-corrected chi connectivity index (χ2v) is 7.33. The Bertz CT molecular complexity index is 945. The van der Waals surface area contributed by atoms with Crippen LogP contribution in [0.4, 0.5) is 0 Å². The molecule has 1 aliphatic rings.